The van der Waals surface area contributed by atoms with Crippen molar-refractivity contribution in [1.29, 1.82) is 0 Å². The second-order valence-electron chi connectivity index (χ2n) is 5.33. The van der Waals surface area contributed by atoms with Gasteiger partial charge in [0.2, 0.25) is 0 Å². The average molecular weight is 242 g/mol. The Labute approximate surface area is 105 Å². The third-order valence-corrected chi connectivity index (χ3v) is 3.66. The third-order valence-electron chi connectivity index (χ3n) is 3.66. The smallest absolute Gasteiger partial charge is 0.0594 e. The number of hydrogen-bond donors (Lipinski definition) is 1. The van der Waals surface area contributed by atoms with E-state index in [0.29, 0.717) is 18.2 Å². The number of ether oxygens (including phenoxy) is 2. The van der Waals surface area contributed by atoms with Gasteiger partial charge in [-0.1, -0.05) is 0 Å². The quantitative estimate of drug-likeness (QED) is 0.793. The molecule has 0 spiro atoms. The highest BCUT2D eigenvalue weighted by Gasteiger charge is 2.23. The molecule has 100 valence electrons. The summed E-state index contributed by atoms with van der Waals surface area (Å²) in [7, 11) is 0. The molecule has 0 amide bonds. The number of nitrogens with zero attached hydrogens (tertiary/aromatic N) is 1. The van der Waals surface area contributed by atoms with E-state index in [9.17, 15) is 0 Å². The molecule has 2 heterocycles. The van der Waals surface area contributed by atoms with Gasteiger partial charge in [0.25, 0.3) is 0 Å². The molecule has 0 aromatic carbocycles. The number of morpholine rings is 1. The molecule has 0 saturated carbocycles. The molecule has 0 bridgehead atoms. The molecule has 4 nitrogen and oxygen atoms in total. The fourth-order valence-electron chi connectivity index (χ4n) is 2.82. The standard InChI is InChI=1S/C13H26N2O2/c1-11-9-13(10-12(2)17-11)14-3-4-15-5-7-16-8-6-15/h11-14H,3-10H2,1-2H3. The van der Waals surface area contributed by atoms with E-state index in [0.717, 1.165) is 52.2 Å². The minimum atomic E-state index is 0.402. The number of rotatable bonds is 4. The van der Waals surface area contributed by atoms with Crippen molar-refractivity contribution in [2.45, 2.75) is 44.9 Å². The van der Waals surface area contributed by atoms with Crippen LogP contribution < -0.4 is 5.32 Å². The van der Waals surface area contributed by atoms with Gasteiger partial charge in [-0.15, -0.1) is 0 Å². The molecule has 17 heavy (non-hydrogen) atoms. The van der Waals surface area contributed by atoms with E-state index in [1.807, 2.05) is 0 Å². The van der Waals surface area contributed by atoms with Gasteiger partial charge in [-0.2, -0.15) is 0 Å². The summed E-state index contributed by atoms with van der Waals surface area (Å²) in [4.78, 5) is 2.47. The van der Waals surface area contributed by atoms with E-state index < -0.39 is 0 Å². The van der Waals surface area contributed by atoms with Crippen LogP contribution in [0.25, 0.3) is 0 Å². The summed E-state index contributed by atoms with van der Waals surface area (Å²) in [5, 5.41) is 3.67. The Kier molecular flexibility index (Phi) is 5.22. The van der Waals surface area contributed by atoms with Crippen LogP contribution >= 0.6 is 0 Å². The minimum absolute atomic E-state index is 0.402. The van der Waals surface area contributed by atoms with E-state index >= 15 is 0 Å². The molecule has 2 fully saturated rings. The molecule has 2 saturated heterocycles. The zero-order chi connectivity index (χ0) is 12.1. The van der Waals surface area contributed by atoms with E-state index in [4.69, 9.17) is 9.47 Å². The van der Waals surface area contributed by atoms with Crippen LogP contribution in [0.3, 0.4) is 0 Å². The zero-order valence-corrected chi connectivity index (χ0v) is 11.2. The van der Waals surface area contributed by atoms with Gasteiger partial charge in [0.1, 0.15) is 0 Å². The van der Waals surface area contributed by atoms with Crippen molar-refractivity contribution in [2.24, 2.45) is 0 Å². The van der Waals surface area contributed by atoms with Crippen LogP contribution in [0.2, 0.25) is 0 Å². The molecule has 4 heteroatoms. The SMILES string of the molecule is CC1CC(NCCN2CCOCC2)CC(C)O1. The normalized spacial score (nSPS) is 36.0. The van der Waals surface area contributed by atoms with Crippen molar-refractivity contribution in [3.05, 3.63) is 0 Å². The fraction of sp³-hybridized carbons (Fsp3) is 1.00. The Hall–Kier alpha value is -0.160. The van der Waals surface area contributed by atoms with Crippen LogP contribution in [0.4, 0.5) is 0 Å². The molecular weight excluding hydrogens is 216 g/mol. The molecule has 0 radical (unpaired) electrons. The summed E-state index contributed by atoms with van der Waals surface area (Å²) in [6, 6.07) is 0.634. The van der Waals surface area contributed by atoms with Crippen LogP contribution in [0.15, 0.2) is 0 Å². The summed E-state index contributed by atoms with van der Waals surface area (Å²) in [6.07, 6.45) is 3.10. The highest BCUT2D eigenvalue weighted by atomic mass is 16.5. The lowest BCUT2D eigenvalue weighted by Gasteiger charge is -2.33. The molecular formula is C13H26N2O2. The summed E-state index contributed by atoms with van der Waals surface area (Å²) < 4.78 is 11.1. The molecule has 2 rings (SSSR count). The van der Waals surface area contributed by atoms with Gasteiger partial charge in [-0.05, 0) is 26.7 Å². The maximum Gasteiger partial charge on any atom is 0.0594 e. The van der Waals surface area contributed by atoms with E-state index in [1.54, 1.807) is 0 Å². The first-order valence-electron chi connectivity index (χ1n) is 6.93. The molecule has 2 atom stereocenters. The Morgan fingerprint density at radius 2 is 1.76 bits per heavy atom. The first-order valence-corrected chi connectivity index (χ1v) is 6.93. The summed E-state index contributed by atoms with van der Waals surface area (Å²) >= 11 is 0. The zero-order valence-electron chi connectivity index (χ0n) is 11.2. The van der Waals surface area contributed by atoms with Crippen molar-refractivity contribution in [3.63, 3.8) is 0 Å². The van der Waals surface area contributed by atoms with Crippen molar-refractivity contribution in [3.8, 4) is 0 Å². The maximum atomic E-state index is 5.75. The lowest BCUT2D eigenvalue weighted by atomic mass is 10.00. The highest BCUT2D eigenvalue weighted by molar-refractivity contribution is 4.79. The van der Waals surface area contributed by atoms with Gasteiger partial charge in [0, 0.05) is 32.2 Å². The first kappa shape index (κ1) is 13.3. The lowest BCUT2D eigenvalue weighted by Crippen LogP contribution is -2.45. The lowest BCUT2D eigenvalue weighted by molar-refractivity contribution is -0.0424. The van der Waals surface area contributed by atoms with Crippen LogP contribution in [0.5, 0.6) is 0 Å². The summed E-state index contributed by atoms with van der Waals surface area (Å²) in [6.45, 7) is 10.5. The van der Waals surface area contributed by atoms with E-state index in [1.165, 1.54) is 0 Å². The van der Waals surface area contributed by atoms with Crippen molar-refractivity contribution < 1.29 is 9.47 Å². The van der Waals surface area contributed by atoms with Gasteiger partial charge < -0.3 is 14.8 Å². The highest BCUT2D eigenvalue weighted by Crippen LogP contribution is 2.18. The fourth-order valence-corrected chi connectivity index (χ4v) is 2.82. The first-order chi connectivity index (χ1) is 8.24. The van der Waals surface area contributed by atoms with Crippen LogP contribution in [0.1, 0.15) is 26.7 Å². The van der Waals surface area contributed by atoms with E-state index in [2.05, 4.69) is 24.1 Å². The van der Waals surface area contributed by atoms with Crippen molar-refractivity contribution in [2.75, 3.05) is 39.4 Å². The second kappa shape index (κ2) is 6.69. The Bertz CT molecular complexity index is 209. The molecule has 1 N–H and O–H groups in total. The molecule has 0 aromatic rings. The van der Waals surface area contributed by atoms with Crippen LogP contribution in [-0.2, 0) is 9.47 Å². The predicted molar refractivity (Wildman–Crippen MR) is 68.3 cm³/mol. The minimum Gasteiger partial charge on any atom is -0.379 e. The van der Waals surface area contributed by atoms with Crippen LogP contribution in [-0.4, -0.2) is 62.5 Å². The third kappa shape index (κ3) is 4.54. The van der Waals surface area contributed by atoms with Gasteiger partial charge >= 0.3 is 0 Å². The van der Waals surface area contributed by atoms with Gasteiger partial charge in [-0.3, -0.25) is 4.90 Å². The van der Waals surface area contributed by atoms with Crippen molar-refractivity contribution in [1.82, 2.24) is 10.2 Å². The average Bonchev–Trinajstić information content (AvgIpc) is 2.29. The van der Waals surface area contributed by atoms with Gasteiger partial charge in [-0.25, -0.2) is 0 Å². The number of nitrogens with one attached hydrogen (secondary N) is 1. The summed E-state index contributed by atoms with van der Waals surface area (Å²) in [5.41, 5.74) is 0. The Balaban J connectivity index is 1.60. The topological polar surface area (TPSA) is 33.7 Å². The Morgan fingerprint density at radius 3 is 2.41 bits per heavy atom. The molecule has 0 aliphatic carbocycles. The number of hydrogen-bond acceptors (Lipinski definition) is 4. The summed E-state index contributed by atoms with van der Waals surface area (Å²) in [5.74, 6) is 0. The van der Waals surface area contributed by atoms with Gasteiger partial charge in [0.15, 0.2) is 0 Å². The van der Waals surface area contributed by atoms with Crippen molar-refractivity contribution >= 4 is 0 Å². The molecule has 0 aromatic heterocycles. The molecule has 2 aliphatic rings. The molecule has 2 unspecified atom stereocenters. The Morgan fingerprint density at radius 1 is 1.12 bits per heavy atom. The van der Waals surface area contributed by atoms with Crippen LogP contribution in [0, 0.1) is 0 Å². The predicted octanol–water partition coefficient (Wildman–Crippen LogP) is 0.864. The maximum absolute atomic E-state index is 5.75. The second-order valence-corrected chi connectivity index (χ2v) is 5.33. The largest absolute Gasteiger partial charge is 0.379 e. The monoisotopic (exact) mass is 242 g/mol. The van der Waals surface area contributed by atoms with E-state index in [-0.39, 0.29) is 0 Å². The molecule has 2 aliphatic heterocycles. The van der Waals surface area contributed by atoms with Gasteiger partial charge in [0.05, 0.1) is 25.4 Å².